The van der Waals surface area contributed by atoms with Gasteiger partial charge in [-0.05, 0) is 17.5 Å². The third kappa shape index (κ3) is 1.52. The Morgan fingerprint density at radius 3 is 2.36 bits per heavy atom. The van der Waals surface area contributed by atoms with Crippen molar-refractivity contribution in [1.82, 2.24) is 0 Å². The number of anilines is 1. The maximum Gasteiger partial charge on any atom is 0.152 e. The summed E-state index contributed by atoms with van der Waals surface area (Å²) in [6.45, 7) is 0. The van der Waals surface area contributed by atoms with E-state index >= 15 is 0 Å². The van der Waals surface area contributed by atoms with Crippen molar-refractivity contribution in [2.24, 2.45) is 0 Å². The van der Waals surface area contributed by atoms with E-state index in [0.29, 0.717) is 6.29 Å². The number of carbonyl (C=O) groups is 1. The predicted molar refractivity (Wildman–Crippen MR) is 36.5 cm³/mol. The molecule has 58 valence electrons. The van der Waals surface area contributed by atoms with Gasteiger partial charge in [0.05, 0.1) is 0 Å². The van der Waals surface area contributed by atoms with Crippen LogP contribution in [0.5, 0.6) is 0 Å². The Morgan fingerprint density at radius 1 is 1.27 bits per heavy atom. The summed E-state index contributed by atoms with van der Waals surface area (Å²) in [7, 11) is 0. The lowest BCUT2D eigenvalue weighted by atomic mass is 10.2. The molecule has 1 aromatic carbocycles. The van der Waals surface area contributed by atoms with Crippen LogP contribution in [0, 0.1) is 0 Å². The largest absolute Gasteiger partial charge is 0.298 e. The number of hydrogen-bond acceptors (Lipinski definition) is 2. The molecule has 1 rings (SSSR count). The monoisotopic (exact) mass is 157 g/mol. The number of aldehydes is 1. The average Bonchev–Trinajstić information content (AvgIpc) is 2.04. The van der Waals surface area contributed by atoms with Gasteiger partial charge in [-0.15, -0.1) is 0 Å². The van der Waals surface area contributed by atoms with E-state index in [0.717, 1.165) is 0 Å². The Labute approximate surface area is 61.9 Å². The molecular weight excluding hydrogens is 152 g/mol. The summed E-state index contributed by atoms with van der Waals surface area (Å²) >= 11 is 0. The van der Waals surface area contributed by atoms with Crippen molar-refractivity contribution in [3.05, 3.63) is 29.8 Å². The summed E-state index contributed by atoms with van der Waals surface area (Å²) in [5.74, 6) is 0. The summed E-state index contributed by atoms with van der Waals surface area (Å²) in [5, 5.41) is -1.08. The van der Waals surface area contributed by atoms with Gasteiger partial charge in [-0.25, -0.2) is 0 Å². The number of hydrogen-bond donors (Lipinski definition) is 0. The third-order valence-electron chi connectivity index (χ3n) is 1.25. The van der Waals surface area contributed by atoms with E-state index in [9.17, 15) is 13.8 Å². The maximum absolute atomic E-state index is 11.9. The van der Waals surface area contributed by atoms with Crippen LogP contribution < -0.4 is 5.34 Å². The highest BCUT2D eigenvalue weighted by atomic mass is 19.4. The zero-order chi connectivity index (χ0) is 8.27. The number of halogens is 2. The van der Waals surface area contributed by atoms with Crippen LogP contribution >= 0.6 is 0 Å². The Bertz CT molecular complexity index is 262. The van der Waals surface area contributed by atoms with Crippen molar-refractivity contribution >= 4 is 12.0 Å². The predicted octanol–water partition coefficient (Wildman–Crippen LogP) is 2.07. The first-order chi connectivity index (χ1) is 5.25. The molecule has 0 bridgehead atoms. The lowest BCUT2D eigenvalue weighted by molar-refractivity contribution is 0.112. The van der Waals surface area contributed by atoms with Gasteiger partial charge in [-0.3, -0.25) is 4.79 Å². The SMILES string of the molecule is O=Cc1ccccc1N(F)F. The first kappa shape index (κ1) is 7.65. The molecule has 0 atom stereocenters. The molecule has 0 aromatic heterocycles. The molecule has 4 heteroatoms. The second-order valence-corrected chi connectivity index (χ2v) is 1.91. The van der Waals surface area contributed by atoms with Crippen LogP contribution in [0.25, 0.3) is 0 Å². The summed E-state index contributed by atoms with van der Waals surface area (Å²) in [6.07, 6.45) is 0.390. The molecule has 0 fully saturated rings. The molecule has 11 heavy (non-hydrogen) atoms. The highest BCUT2D eigenvalue weighted by Gasteiger charge is 2.07. The fraction of sp³-hybridized carbons (Fsp3) is 0. The fourth-order valence-corrected chi connectivity index (χ4v) is 0.741. The lowest BCUT2D eigenvalue weighted by Gasteiger charge is -2.02. The highest BCUT2D eigenvalue weighted by molar-refractivity contribution is 5.83. The van der Waals surface area contributed by atoms with Gasteiger partial charge >= 0.3 is 0 Å². The minimum atomic E-state index is -1.08. The molecule has 0 heterocycles. The normalized spacial score (nSPS) is 9.27. The van der Waals surface area contributed by atoms with Gasteiger partial charge in [0.2, 0.25) is 0 Å². The number of benzene rings is 1. The molecule has 0 spiro atoms. The molecule has 0 aliphatic heterocycles. The van der Waals surface area contributed by atoms with Gasteiger partial charge in [0.1, 0.15) is 5.69 Å². The summed E-state index contributed by atoms with van der Waals surface area (Å²) in [4.78, 5) is 10.2. The zero-order valence-corrected chi connectivity index (χ0v) is 5.50. The summed E-state index contributed by atoms with van der Waals surface area (Å²) in [5.41, 5.74) is -0.389. The first-order valence-electron chi connectivity index (χ1n) is 2.91. The first-order valence-corrected chi connectivity index (χ1v) is 2.91. The topological polar surface area (TPSA) is 20.3 Å². The van der Waals surface area contributed by atoms with Crippen molar-refractivity contribution in [2.45, 2.75) is 0 Å². The molecule has 0 saturated heterocycles. The zero-order valence-electron chi connectivity index (χ0n) is 5.50. The van der Waals surface area contributed by atoms with E-state index in [2.05, 4.69) is 0 Å². The van der Waals surface area contributed by atoms with E-state index in [4.69, 9.17) is 0 Å². The van der Waals surface area contributed by atoms with Crippen LogP contribution in [0.15, 0.2) is 24.3 Å². The Balaban J connectivity index is 3.12. The van der Waals surface area contributed by atoms with Crippen LogP contribution in [-0.4, -0.2) is 6.29 Å². The van der Waals surface area contributed by atoms with E-state index in [1.165, 1.54) is 24.3 Å². The molecule has 0 saturated carbocycles. The molecule has 2 nitrogen and oxygen atoms in total. The number of rotatable bonds is 2. The van der Waals surface area contributed by atoms with E-state index in [1.807, 2.05) is 0 Å². The van der Waals surface area contributed by atoms with Crippen molar-refractivity contribution in [1.29, 1.82) is 0 Å². The number of nitrogens with zero attached hydrogens (tertiary/aromatic N) is 1. The second kappa shape index (κ2) is 3.09. The molecule has 1 aromatic rings. The minimum absolute atomic E-state index is 0.0162. The molecule has 0 radical (unpaired) electrons. The highest BCUT2D eigenvalue weighted by Crippen LogP contribution is 2.18. The smallest absolute Gasteiger partial charge is 0.152 e. The van der Waals surface area contributed by atoms with Crippen molar-refractivity contribution in [3.63, 3.8) is 0 Å². The van der Waals surface area contributed by atoms with Crippen molar-refractivity contribution in [3.8, 4) is 0 Å². The average molecular weight is 157 g/mol. The van der Waals surface area contributed by atoms with Crippen LogP contribution in [0.2, 0.25) is 0 Å². The molecular formula is C7H5F2NO. The van der Waals surface area contributed by atoms with Crippen molar-refractivity contribution in [2.75, 3.05) is 5.34 Å². The molecule has 0 amide bonds. The van der Waals surface area contributed by atoms with E-state index < -0.39 is 5.34 Å². The van der Waals surface area contributed by atoms with Gasteiger partial charge in [-0.2, -0.15) is 0 Å². The number of para-hydroxylation sites is 1. The van der Waals surface area contributed by atoms with Crippen LogP contribution in [0.4, 0.5) is 14.6 Å². The third-order valence-corrected chi connectivity index (χ3v) is 1.25. The van der Waals surface area contributed by atoms with Gasteiger partial charge in [0.25, 0.3) is 0 Å². The molecule has 0 unspecified atom stereocenters. The molecule has 0 aliphatic carbocycles. The molecule has 0 N–H and O–H groups in total. The minimum Gasteiger partial charge on any atom is -0.298 e. The quantitative estimate of drug-likeness (QED) is 0.483. The Hall–Kier alpha value is -1.45. The van der Waals surface area contributed by atoms with Crippen LogP contribution in [-0.2, 0) is 0 Å². The second-order valence-electron chi connectivity index (χ2n) is 1.91. The van der Waals surface area contributed by atoms with Crippen LogP contribution in [0.3, 0.4) is 0 Å². The number of carbonyl (C=O) groups excluding carboxylic acids is 1. The Kier molecular flexibility index (Phi) is 2.15. The van der Waals surface area contributed by atoms with Crippen molar-refractivity contribution < 1.29 is 13.8 Å². The standard InChI is InChI=1S/C7H5F2NO/c8-10(9)7-4-2-1-3-6(7)5-11/h1-5H. The van der Waals surface area contributed by atoms with Gasteiger partial charge < -0.3 is 0 Å². The van der Waals surface area contributed by atoms with Gasteiger partial charge in [-0.1, -0.05) is 21.1 Å². The van der Waals surface area contributed by atoms with E-state index in [1.54, 1.807) is 0 Å². The summed E-state index contributed by atoms with van der Waals surface area (Å²) in [6, 6.07) is 5.46. The Morgan fingerprint density at radius 2 is 1.91 bits per heavy atom. The lowest BCUT2D eigenvalue weighted by Crippen LogP contribution is -1.99. The fourth-order valence-electron chi connectivity index (χ4n) is 0.741. The molecule has 0 aliphatic rings. The van der Waals surface area contributed by atoms with E-state index in [-0.39, 0.29) is 11.3 Å². The maximum atomic E-state index is 11.9. The van der Waals surface area contributed by atoms with Gasteiger partial charge in [0, 0.05) is 5.56 Å². The summed E-state index contributed by atoms with van der Waals surface area (Å²) < 4.78 is 23.8. The van der Waals surface area contributed by atoms with Crippen LogP contribution in [0.1, 0.15) is 10.4 Å². The van der Waals surface area contributed by atoms with Gasteiger partial charge in [0.15, 0.2) is 6.29 Å².